The fourth-order valence-corrected chi connectivity index (χ4v) is 5.42. The Morgan fingerprint density at radius 3 is 2.45 bits per heavy atom. The summed E-state index contributed by atoms with van der Waals surface area (Å²) in [5, 5.41) is 5.35. The Balaban J connectivity index is 1.78. The molecule has 1 amide bonds. The van der Waals surface area contributed by atoms with Gasteiger partial charge in [0, 0.05) is 29.1 Å². The minimum atomic E-state index is -3.86. The van der Waals surface area contributed by atoms with Crippen LogP contribution in [0, 0.1) is 0 Å². The summed E-state index contributed by atoms with van der Waals surface area (Å²) in [4.78, 5) is 16.0. The molecule has 0 aliphatic carbocycles. The summed E-state index contributed by atoms with van der Waals surface area (Å²) in [6, 6.07) is 16.7. The first-order valence-electron chi connectivity index (χ1n) is 9.52. The molecule has 0 aliphatic heterocycles. The molecule has 2 aromatic carbocycles. The van der Waals surface area contributed by atoms with E-state index in [0.29, 0.717) is 17.3 Å². The molecule has 0 aliphatic rings. The van der Waals surface area contributed by atoms with E-state index in [9.17, 15) is 13.2 Å². The van der Waals surface area contributed by atoms with Gasteiger partial charge in [0.25, 0.3) is 15.9 Å². The van der Waals surface area contributed by atoms with Crippen molar-refractivity contribution in [2.24, 2.45) is 0 Å². The molecule has 9 heteroatoms. The second kappa shape index (κ2) is 9.82. The Morgan fingerprint density at radius 1 is 1.06 bits per heavy atom. The molecule has 0 fully saturated rings. The highest BCUT2D eigenvalue weighted by atomic mass is 35.5. The average Bonchev–Trinajstić information content (AvgIpc) is 3.27. The molecule has 0 bridgehead atoms. The summed E-state index contributed by atoms with van der Waals surface area (Å²) in [6.45, 7) is 0.408. The molecule has 0 spiro atoms. The monoisotopic (exact) mass is 477 g/mol. The third-order valence-electron chi connectivity index (χ3n) is 4.88. The Bertz CT molecular complexity index is 1150. The van der Waals surface area contributed by atoms with Crippen LogP contribution in [0.5, 0.6) is 0 Å². The maximum Gasteiger partial charge on any atom is 0.264 e. The van der Waals surface area contributed by atoms with Crippen LogP contribution in [0.25, 0.3) is 0 Å². The van der Waals surface area contributed by atoms with Crippen molar-refractivity contribution >= 4 is 44.6 Å². The highest BCUT2D eigenvalue weighted by molar-refractivity contribution is 7.92. The van der Waals surface area contributed by atoms with Gasteiger partial charge in [-0.3, -0.25) is 9.10 Å². The van der Waals surface area contributed by atoms with E-state index in [2.05, 4.69) is 5.32 Å². The number of anilines is 1. The van der Waals surface area contributed by atoms with Gasteiger partial charge in [-0.05, 0) is 61.9 Å². The van der Waals surface area contributed by atoms with Crippen LogP contribution >= 0.6 is 22.9 Å². The number of hydrogen-bond donors (Lipinski definition) is 1. The van der Waals surface area contributed by atoms with Crippen molar-refractivity contribution in [3.8, 4) is 0 Å². The molecule has 3 aromatic rings. The van der Waals surface area contributed by atoms with Crippen molar-refractivity contribution in [3.05, 3.63) is 81.5 Å². The molecular weight excluding hydrogens is 454 g/mol. The smallest absolute Gasteiger partial charge is 0.264 e. The fourth-order valence-electron chi connectivity index (χ4n) is 3.08. The zero-order valence-electron chi connectivity index (χ0n) is 17.4. The summed E-state index contributed by atoms with van der Waals surface area (Å²) in [6.07, 6.45) is 0. The molecule has 1 aromatic heterocycles. The maximum absolute atomic E-state index is 13.1. The van der Waals surface area contributed by atoms with Crippen LogP contribution in [0.2, 0.25) is 5.02 Å². The molecule has 0 saturated heterocycles. The van der Waals surface area contributed by atoms with E-state index in [1.54, 1.807) is 47.7 Å². The van der Waals surface area contributed by atoms with E-state index in [1.807, 2.05) is 36.5 Å². The van der Waals surface area contributed by atoms with Crippen LogP contribution in [0.1, 0.15) is 21.3 Å². The molecule has 164 valence electrons. The molecule has 1 atom stereocenters. The molecule has 3 rings (SSSR count). The Labute approximate surface area is 192 Å². The number of carbonyl (C=O) groups is 1. The van der Waals surface area contributed by atoms with Crippen LogP contribution in [-0.4, -0.2) is 46.9 Å². The summed E-state index contributed by atoms with van der Waals surface area (Å²) in [5.41, 5.74) is 0.719. The lowest BCUT2D eigenvalue weighted by molar-refractivity contribution is 0.0942. The third kappa shape index (κ3) is 5.46. The standard InChI is InChI=1S/C22H24ClN3O3S2/c1-25(2)20(21-11-6-12-30-21)15-24-22(27)16-7-4-10-19(13-16)31(28,29)26(3)18-9-5-8-17(23)14-18/h4-14,20H,15H2,1-3H3,(H,24,27)/t20-/m0/s1. The van der Waals surface area contributed by atoms with E-state index in [0.717, 1.165) is 9.18 Å². The number of rotatable bonds is 8. The largest absolute Gasteiger partial charge is 0.350 e. The van der Waals surface area contributed by atoms with E-state index < -0.39 is 10.0 Å². The normalized spacial score (nSPS) is 12.5. The second-order valence-electron chi connectivity index (χ2n) is 7.19. The lowest BCUT2D eigenvalue weighted by Crippen LogP contribution is -2.34. The van der Waals surface area contributed by atoms with Crippen molar-refractivity contribution in [1.29, 1.82) is 0 Å². The number of hydrogen-bond acceptors (Lipinski definition) is 5. The summed E-state index contributed by atoms with van der Waals surface area (Å²) >= 11 is 7.62. The fraction of sp³-hybridized carbons (Fsp3) is 0.227. The van der Waals surface area contributed by atoms with Crippen molar-refractivity contribution in [2.75, 3.05) is 32.0 Å². The Kier molecular flexibility index (Phi) is 7.38. The second-order valence-corrected chi connectivity index (χ2v) is 10.6. The van der Waals surface area contributed by atoms with Crippen LogP contribution in [0.4, 0.5) is 5.69 Å². The third-order valence-corrected chi connectivity index (χ3v) is 7.87. The number of nitrogens with one attached hydrogen (secondary N) is 1. The van der Waals surface area contributed by atoms with Gasteiger partial charge in [-0.25, -0.2) is 8.42 Å². The van der Waals surface area contributed by atoms with Crippen LogP contribution in [-0.2, 0) is 10.0 Å². The molecule has 0 radical (unpaired) electrons. The first-order chi connectivity index (χ1) is 14.7. The molecule has 0 unspecified atom stereocenters. The molecular formula is C22H24ClN3O3S2. The minimum absolute atomic E-state index is 0.0322. The van der Waals surface area contributed by atoms with Crippen molar-refractivity contribution in [3.63, 3.8) is 0 Å². The highest BCUT2D eigenvalue weighted by Gasteiger charge is 2.23. The Morgan fingerprint density at radius 2 is 1.81 bits per heavy atom. The lowest BCUT2D eigenvalue weighted by atomic mass is 10.2. The lowest BCUT2D eigenvalue weighted by Gasteiger charge is -2.23. The van der Waals surface area contributed by atoms with Crippen molar-refractivity contribution in [1.82, 2.24) is 10.2 Å². The number of thiophene rings is 1. The summed E-state index contributed by atoms with van der Waals surface area (Å²) in [5.74, 6) is -0.328. The number of benzene rings is 2. The van der Waals surface area contributed by atoms with Gasteiger partial charge in [0.15, 0.2) is 0 Å². The molecule has 6 nitrogen and oxygen atoms in total. The van der Waals surface area contributed by atoms with Crippen LogP contribution < -0.4 is 9.62 Å². The van der Waals surface area contributed by atoms with Gasteiger partial charge < -0.3 is 10.2 Å². The molecule has 0 saturated carbocycles. The predicted octanol–water partition coefficient (Wildman–Crippen LogP) is 4.26. The summed E-state index contributed by atoms with van der Waals surface area (Å²) in [7, 11) is 1.51. The van der Waals surface area contributed by atoms with Crippen molar-refractivity contribution in [2.45, 2.75) is 10.9 Å². The molecule has 1 N–H and O–H groups in total. The number of sulfonamides is 1. The van der Waals surface area contributed by atoms with E-state index in [1.165, 1.54) is 19.2 Å². The predicted molar refractivity (Wildman–Crippen MR) is 127 cm³/mol. The summed E-state index contributed by atoms with van der Waals surface area (Å²) < 4.78 is 27.3. The number of halogens is 1. The first-order valence-corrected chi connectivity index (χ1v) is 12.2. The van der Waals surface area contributed by atoms with Crippen molar-refractivity contribution < 1.29 is 13.2 Å². The van der Waals surface area contributed by atoms with Crippen LogP contribution in [0.15, 0.2) is 70.9 Å². The maximum atomic E-state index is 13.1. The number of nitrogens with zero attached hydrogens (tertiary/aromatic N) is 2. The zero-order valence-corrected chi connectivity index (χ0v) is 19.8. The molecule has 31 heavy (non-hydrogen) atoms. The van der Waals surface area contributed by atoms with Gasteiger partial charge in [-0.1, -0.05) is 29.8 Å². The number of carbonyl (C=O) groups excluding carboxylic acids is 1. The first kappa shape index (κ1) is 23.3. The molecule has 1 heterocycles. The van der Waals surface area contributed by atoms with E-state index >= 15 is 0 Å². The highest BCUT2D eigenvalue weighted by Crippen LogP contribution is 2.25. The average molecular weight is 478 g/mol. The minimum Gasteiger partial charge on any atom is -0.350 e. The van der Waals surface area contributed by atoms with E-state index in [4.69, 9.17) is 11.6 Å². The van der Waals surface area contributed by atoms with Gasteiger partial charge in [-0.2, -0.15) is 0 Å². The number of amides is 1. The topological polar surface area (TPSA) is 69.7 Å². The zero-order chi connectivity index (χ0) is 22.6. The number of likely N-dealkylation sites (N-methyl/N-ethyl adjacent to an activating group) is 1. The Hall–Kier alpha value is -2.39. The van der Waals surface area contributed by atoms with Gasteiger partial charge in [0.2, 0.25) is 0 Å². The van der Waals surface area contributed by atoms with Gasteiger partial charge >= 0.3 is 0 Å². The SMILES string of the molecule is CN(C)[C@@H](CNC(=O)c1cccc(S(=O)(=O)N(C)c2cccc(Cl)c2)c1)c1cccs1. The van der Waals surface area contributed by atoms with Gasteiger partial charge in [0.1, 0.15) is 0 Å². The quantitative estimate of drug-likeness (QED) is 0.526. The van der Waals surface area contributed by atoms with Gasteiger partial charge in [0.05, 0.1) is 16.6 Å². The van der Waals surface area contributed by atoms with Crippen LogP contribution in [0.3, 0.4) is 0 Å². The van der Waals surface area contributed by atoms with Gasteiger partial charge in [-0.15, -0.1) is 11.3 Å². The van der Waals surface area contributed by atoms with E-state index in [-0.39, 0.29) is 22.4 Å².